The van der Waals surface area contributed by atoms with Gasteiger partial charge < -0.3 is 16.4 Å². The molecule has 0 aliphatic rings. The van der Waals surface area contributed by atoms with E-state index in [9.17, 15) is 4.79 Å². The minimum atomic E-state index is -0.475. The van der Waals surface area contributed by atoms with Crippen LogP contribution in [0, 0.1) is 0 Å². The van der Waals surface area contributed by atoms with Gasteiger partial charge >= 0.3 is 0 Å². The van der Waals surface area contributed by atoms with Crippen LogP contribution in [0.25, 0.3) is 0 Å². The lowest BCUT2D eigenvalue weighted by Crippen LogP contribution is -2.14. The molecule has 4 nitrogen and oxygen atoms in total. The summed E-state index contributed by atoms with van der Waals surface area (Å²) in [6.07, 6.45) is 0. The Morgan fingerprint density at radius 2 is 2.00 bits per heavy atom. The van der Waals surface area contributed by atoms with E-state index in [0.717, 1.165) is 11.5 Å². The molecule has 1 amide bonds. The number of hydrogen-bond donors (Lipinski definition) is 2. The van der Waals surface area contributed by atoms with Crippen molar-refractivity contribution in [3.8, 4) is 0 Å². The minimum absolute atomic E-state index is 0.421. The zero-order valence-corrected chi connectivity index (χ0v) is 10.9. The van der Waals surface area contributed by atoms with Gasteiger partial charge in [0.1, 0.15) is 4.88 Å². The average molecular weight is 261 g/mol. The molecule has 4 N–H and O–H groups in total. The molecule has 0 aliphatic carbocycles. The van der Waals surface area contributed by atoms with Crippen LogP contribution in [0.1, 0.15) is 15.2 Å². The molecule has 0 saturated carbocycles. The maximum atomic E-state index is 11.2. The van der Waals surface area contributed by atoms with Crippen LogP contribution in [0.5, 0.6) is 0 Å². The Kier molecular flexibility index (Phi) is 3.53. The van der Waals surface area contributed by atoms with Crippen LogP contribution in [0.4, 0.5) is 10.7 Å². The minimum Gasteiger partial charge on any atom is -0.397 e. The molecule has 2 rings (SSSR count). The molecule has 0 fully saturated rings. The molecule has 2 aromatic rings. The van der Waals surface area contributed by atoms with E-state index in [0.29, 0.717) is 10.6 Å². The van der Waals surface area contributed by atoms with Crippen molar-refractivity contribution in [2.75, 3.05) is 17.7 Å². The van der Waals surface area contributed by atoms with Gasteiger partial charge in [0.05, 0.1) is 10.7 Å². The van der Waals surface area contributed by atoms with Gasteiger partial charge in [0.25, 0.3) is 5.91 Å². The lowest BCUT2D eigenvalue weighted by molar-refractivity contribution is 0.100. The van der Waals surface area contributed by atoms with E-state index in [1.807, 2.05) is 30.1 Å². The summed E-state index contributed by atoms with van der Waals surface area (Å²) in [4.78, 5) is 13.6. The molecule has 1 aromatic heterocycles. The van der Waals surface area contributed by atoms with E-state index in [-0.39, 0.29) is 0 Å². The number of nitrogens with two attached hydrogens (primary N) is 2. The predicted octanol–water partition coefficient (Wildman–Crippen LogP) is 2.07. The first-order valence-corrected chi connectivity index (χ1v) is 6.33. The fourth-order valence-corrected chi connectivity index (χ4v) is 2.60. The van der Waals surface area contributed by atoms with Gasteiger partial charge in [0.2, 0.25) is 0 Å². The summed E-state index contributed by atoms with van der Waals surface area (Å²) in [6, 6.07) is 11.9. The van der Waals surface area contributed by atoms with E-state index in [1.54, 1.807) is 6.07 Å². The molecule has 1 aromatic carbocycles. The summed E-state index contributed by atoms with van der Waals surface area (Å²) >= 11 is 1.32. The molecule has 1 heterocycles. The number of thiophene rings is 1. The van der Waals surface area contributed by atoms with Crippen molar-refractivity contribution < 1.29 is 4.79 Å². The first-order chi connectivity index (χ1) is 8.58. The highest BCUT2D eigenvalue weighted by atomic mass is 32.1. The first kappa shape index (κ1) is 12.4. The third kappa shape index (κ3) is 2.62. The van der Waals surface area contributed by atoms with Crippen LogP contribution in [0.15, 0.2) is 36.4 Å². The fraction of sp³-hybridized carbons (Fsp3) is 0.154. The maximum absolute atomic E-state index is 11.2. The Bertz CT molecular complexity index is 551. The van der Waals surface area contributed by atoms with Crippen molar-refractivity contribution in [3.63, 3.8) is 0 Å². The summed E-state index contributed by atoms with van der Waals surface area (Å²) in [5, 5.41) is 0.935. The van der Waals surface area contributed by atoms with Crippen molar-refractivity contribution >= 4 is 27.9 Å². The normalized spacial score (nSPS) is 10.3. The highest BCUT2D eigenvalue weighted by Crippen LogP contribution is 2.31. The summed E-state index contributed by atoms with van der Waals surface area (Å²) in [6.45, 7) is 0.763. The molecule has 94 valence electrons. The monoisotopic (exact) mass is 261 g/mol. The predicted molar refractivity (Wildman–Crippen MR) is 75.8 cm³/mol. The second kappa shape index (κ2) is 5.10. The quantitative estimate of drug-likeness (QED) is 0.885. The number of carbonyl (C=O) groups is 1. The third-order valence-electron chi connectivity index (χ3n) is 2.61. The van der Waals surface area contributed by atoms with Crippen LogP contribution >= 0.6 is 11.3 Å². The summed E-state index contributed by atoms with van der Waals surface area (Å²) in [5.74, 6) is -0.475. The molecule has 0 aliphatic heterocycles. The number of primary amides is 1. The number of hydrogen-bond acceptors (Lipinski definition) is 4. The Morgan fingerprint density at radius 1 is 1.33 bits per heavy atom. The van der Waals surface area contributed by atoms with Gasteiger partial charge in [-0.25, -0.2) is 0 Å². The first-order valence-electron chi connectivity index (χ1n) is 5.52. The Hall–Kier alpha value is -2.01. The number of benzene rings is 1. The highest BCUT2D eigenvalue weighted by molar-refractivity contribution is 7.18. The Balaban J connectivity index is 2.17. The Morgan fingerprint density at radius 3 is 2.56 bits per heavy atom. The third-order valence-corrected chi connectivity index (χ3v) is 3.89. The number of rotatable bonds is 4. The lowest BCUT2D eigenvalue weighted by Gasteiger charge is -2.16. The molecular formula is C13H15N3OS. The van der Waals surface area contributed by atoms with Gasteiger partial charge in [-0.3, -0.25) is 4.79 Å². The highest BCUT2D eigenvalue weighted by Gasteiger charge is 2.13. The Labute approximate surface area is 110 Å². The lowest BCUT2D eigenvalue weighted by atomic mass is 10.2. The van der Waals surface area contributed by atoms with E-state index < -0.39 is 5.91 Å². The number of carbonyl (C=O) groups excluding carboxylic acids is 1. The largest absolute Gasteiger partial charge is 0.397 e. The van der Waals surface area contributed by atoms with Crippen LogP contribution in [-0.4, -0.2) is 13.0 Å². The van der Waals surface area contributed by atoms with Crippen LogP contribution in [-0.2, 0) is 6.54 Å². The van der Waals surface area contributed by atoms with E-state index in [4.69, 9.17) is 11.5 Å². The second-order valence-electron chi connectivity index (χ2n) is 4.08. The molecule has 0 radical (unpaired) electrons. The molecular weight excluding hydrogens is 246 g/mol. The van der Waals surface area contributed by atoms with Gasteiger partial charge in [0.15, 0.2) is 0 Å². The molecule has 5 heteroatoms. The molecule has 0 bridgehead atoms. The fourth-order valence-electron chi connectivity index (χ4n) is 1.71. The van der Waals surface area contributed by atoms with Crippen molar-refractivity contribution in [1.82, 2.24) is 0 Å². The zero-order chi connectivity index (χ0) is 13.1. The van der Waals surface area contributed by atoms with Crippen molar-refractivity contribution in [2.45, 2.75) is 6.54 Å². The number of anilines is 2. The molecule has 0 unspecified atom stereocenters. The van der Waals surface area contributed by atoms with Crippen molar-refractivity contribution in [1.29, 1.82) is 0 Å². The van der Waals surface area contributed by atoms with Gasteiger partial charge in [0, 0.05) is 13.6 Å². The zero-order valence-electron chi connectivity index (χ0n) is 10.1. The smallest absolute Gasteiger partial charge is 0.260 e. The van der Waals surface area contributed by atoms with E-state index in [1.165, 1.54) is 16.9 Å². The summed E-state index contributed by atoms with van der Waals surface area (Å²) < 4.78 is 0. The number of nitrogens with zero attached hydrogens (tertiary/aromatic N) is 1. The number of amides is 1. The average Bonchev–Trinajstić information content (AvgIpc) is 2.73. The van der Waals surface area contributed by atoms with Gasteiger partial charge in [-0.1, -0.05) is 30.3 Å². The van der Waals surface area contributed by atoms with Crippen LogP contribution in [0.3, 0.4) is 0 Å². The van der Waals surface area contributed by atoms with Crippen LogP contribution < -0.4 is 16.4 Å². The van der Waals surface area contributed by atoms with Gasteiger partial charge in [-0.2, -0.15) is 0 Å². The van der Waals surface area contributed by atoms with Crippen molar-refractivity contribution in [3.05, 3.63) is 46.8 Å². The van der Waals surface area contributed by atoms with Crippen LogP contribution in [0.2, 0.25) is 0 Å². The molecule has 18 heavy (non-hydrogen) atoms. The summed E-state index contributed by atoms with van der Waals surface area (Å²) in [5.41, 5.74) is 12.7. The molecule has 0 spiro atoms. The van der Waals surface area contributed by atoms with Gasteiger partial charge in [-0.15, -0.1) is 11.3 Å². The van der Waals surface area contributed by atoms with E-state index >= 15 is 0 Å². The molecule has 0 saturated heterocycles. The summed E-state index contributed by atoms with van der Waals surface area (Å²) in [7, 11) is 1.96. The number of nitrogen functional groups attached to an aromatic ring is 1. The van der Waals surface area contributed by atoms with E-state index in [2.05, 4.69) is 12.1 Å². The topological polar surface area (TPSA) is 72.3 Å². The second-order valence-corrected chi connectivity index (χ2v) is 5.11. The maximum Gasteiger partial charge on any atom is 0.260 e. The standard InChI is InChI=1S/C13H15N3OS/c1-16(8-9-5-3-2-4-6-9)11-7-10(14)12(18-11)13(15)17/h2-7H,8,14H2,1H3,(H2,15,17). The van der Waals surface area contributed by atoms with Crippen molar-refractivity contribution in [2.24, 2.45) is 5.73 Å². The molecule has 0 atom stereocenters. The SMILES string of the molecule is CN(Cc1ccccc1)c1cc(N)c(C(N)=O)s1. The van der Waals surface area contributed by atoms with Gasteiger partial charge in [-0.05, 0) is 11.6 Å².